The third kappa shape index (κ3) is 4.17. The number of benzene rings is 3. The van der Waals surface area contributed by atoms with Crippen molar-refractivity contribution in [1.82, 2.24) is 0 Å². The van der Waals surface area contributed by atoms with Crippen molar-refractivity contribution in [2.75, 3.05) is 19.0 Å². The van der Waals surface area contributed by atoms with Gasteiger partial charge in [-0.3, -0.25) is 0 Å². The smallest absolute Gasteiger partial charge is 0.333 e. The second-order valence-electron chi connectivity index (χ2n) is 5.92. The van der Waals surface area contributed by atoms with Crippen molar-refractivity contribution in [2.24, 2.45) is 0 Å². The Kier molecular flexibility index (Phi) is 5.86. The number of hydrogen-bond acceptors (Lipinski definition) is 5. The van der Waals surface area contributed by atoms with E-state index in [1.54, 1.807) is 32.2 Å². The highest BCUT2D eigenvalue weighted by Crippen LogP contribution is 2.36. The highest BCUT2D eigenvalue weighted by Gasteiger charge is 2.27. The fourth-order valence-corrected chi connectivity index (χ4v) is 3.32. The summed E-state index contributed by atoms with van der Waals surface area (Å²) in [5.41, 5.74) is 1.19. The second-order valence-corrected chi connectivity index (χ2v) is 6.84. The summed E-state index contributed by atoms with van der Waals surface area (Å²) in [6, 6.07) is 15.4. The molecular weight excluding hydrogens is 410 g/mol. The van der Waals surface area contributed by atoms with Crippen molar-refractivity contribution in [3.8, 4) is 11.5 Å². The standard InChI is InChI=1S/C21H20BrNO4/c1-3-27-21(25)20(23-15-6-8-16(26-2)9-7-15)19-17-10-5-14(22)12-13(17)4-11-18(19)24/h4-12,20,23-24H,3H2,1-2H3. The quantitative estimate of drug-likeness (QED) is 0.537. The van der Waals surface area contributed by atoms with Crippen LogP contribution < -0.4 is 10.1 Å². The van der Waals surface area contributed by atoms with Gasteiger partial charge in [0.15, 0.2) is 6.04 Å². The van der Waals surface area contributed by atoms with E-state index < -0.39 is 12.0 Å². The number of phenolic OH excluding ortho intramolecular Hbond substituents is 1. The summed E-state index contributed by atoms with van der Waals surface area (Å²) in [6.07, 6.45) is 0. The largest absolute Gasteiger partial charge is 0.508 e. The van der Waals surface area contributed by atoms with Crippen LogP contribution in [-0.2, 0) is 9.53 Å². The summed E-state index contributed by atoms with van der Waals surface area (Å²) >= 11 is 3.45. The van der Waals surface area contributed by atoms with Crippen LogP contribution in [0.4, 0.5) is 5.69 Å². The van der Waals surface area contributed by atoms with Gasteiger partial charge in [0.2, 0.25) is 0 Å². The SMILES string of the molecule is CCOC(=O)C(Nc1ccc(OC)cc1)c1c(O)ccc2cc(Br)ccc12. The van der Waals surface area contributed by atoms with Gasteiger partial charge in [0.05, 0.1) is 13.7 Å². The maximum absolute atomic E-state index is 12.7. The monoisotopic (exact) mass is 429 g/mol. The minimum atomic E-state index is -0.858. The Morgan fingerprint density at radius 3 is 2.56 bits per heavy atom. The first kappa shape index (κ1) is 19.0. The molecule has 0 heterocycles. The summed E-state index contributed by atoms with van der Waals surface area (Å²) in [5.74, 6) is 0.286. The highest BCUT2D eigenvalue weighted by atomic mass is 79.9. The van der Waals surface area contributed by atoms with E-state index >= 15 is 0 Å². The molecule has 0 saturated heterocycles. The molecule has 0 aliphatic rings. The number of methoxy groups -OCH3 is 1. The third-order valence-corrected chi connectivity index (χ3v) is 4.71. The Hall–Kier alpha value is -2.73. The van der Waals surface area contributed by atoms with Gasteiger partial charge in [0.25, 0.3) is 0 Å². The van der Waals surface area contributed by atoms with E-state index in [1.807, 2.05) is 36.4 Å². The van der Waals surface area contributed by atoms with Crippen molar-refractivity contribution < 1.29 is 19.4 Å². The average Bonchev–Trinajstić information content (AvgIpc) is 2.67. The fourth-order valence-electron chi connectivity index (χ4n) is 2.95. The van der Waals surface area contributed by atoms with Gasteiger partial charge in [-0.1, -0.05) is 28.1 Å². The lowest BCUT2D eigenvalue weighted by molar-refractivity contribution is -0.144. The van der Waals surface area contributed by atoms with E-state index in [0.29, 0.717) is 17.0 Å². The molecule has 27 heavy (non-hydrogen) atoms. The molecule has 140 valence electrons. The summed E-state index contributed by atoms with van der Waals surface area (Å²) < 4.78 is 11.3. The number of hydrogen-bond donors (Lipinski definition) is 2. The van der Waals surface area contributed by atoms with Crippen molar-refractivity contribution >= 4 is 38.4 Å². The van der Waals surface area contributed by atoms with Crippen molar-refractivity contribution in [3.63, 3.8) is 0 Å². The maximum atomic E-state index is 12.7. The first-order chi connectivity index (χ1) is 13.0. The Labute approximate surface area is 166 Å². The molecule has 0 aromatic heterocycles. The zero-order valence-corrected chi connectivity index (χ0v) is 16.6. The fraction of sp³-hybridized carbons (Fsp3) is 0.190. The average molecular weight is 430 g/mol. The van der Waals surface area contributed by atoms with Crippen LogP contribution in [0.3, 0.4) is 0 Å². The molecule has 0 bridgehead atoms. The minimum Gasteiger partial charge on any atom is -0.508 e. The second kappa shape index (κ2) is 8.31. The Bertz CT molecular complexity index is 956. The number of esters is 1. The van der Waals surface area contributed by atoms with E-state index in [9.17, 15) is 9.90 Å². The Morgan fingerprint density at radius 2 is 1.89 bits per heavy atom. The summed E-state index contributed by atoms with van der Waals surface area (Å²) in [4.78, 5) is 12.7. The van der Waals surface area contributed by atoms with E-state index in [1.165, 1.54) is 0 Å². The molecular formula is C21H20BrNO4. The number of carbonyl (C=O) groups is 1. The first-order valence-electron chi connectivity index (χ1n) is 8.52. The van der Waals surface area contributed by atoms with Gasteiger partial charge < -0.3 is 19.9 Å². The van der Waals surface area contributed by atoms with Gasteiger partial charge in [-0.05, 0) is 60.2 Å². The maximum Gasteiger partial charge on any atom is 0.333 e. The zero-order chi connectivity index (χ0) is 19.4. The summed E-state index contributed by atoms with van der Waals surface area (Å²) in [5, 5.41) is 15.4. The first-order valence-corrected chi connectivity index (χ1v) is 9.31. The predicted molar refractivity (Wildman–Crippen MR) is 109 cm³/mol. The van der Waals surface area contributed by atoms with Gasteiger partial charge in [-0.2, -0.15) is 0 Å². The number of phenols is 1. The summed E-state index contributed by atoms with van der Waals surface area (Å²) in [7, 11) is 1.59. The molecule has 0 amide bonds. The molecule has 0 saturated carbocycles. The van der Waals surface area contributed by atoms with Crippen LogP contribution in [0.1, 0.15) is 18.5 Å². The van der Waals surface area contributed by atoms with Crippen molar-refractivity contribution in [3.05, 3.63) is 64.6 Å². The predicted octanol–water partition coefficient (Wildman–Crippen LogP) is 5.03. The summed E-state index contributed by atoms with van der Waals surface area (Å²) in [6.45, 7) is 2.00. The number of carbonyl (C=O) groups excluding carboxylic acids is 1. The molecule has 1 atom stereocenters. The molecule has 3 rings (SSSR count). The molecule has 2 N–H and O–H groups in total. The molecule has 6 heteroatoms. The number of ether oxygens (including phenoxy) is 2. The van der Waals surface area contributed by atoms with E-state index in [4.69, 9.17) is 9.47 Å². The van der Waals surface area contributed by atoms with Crippen LogP contribution in [0.25, 0.3) is 10.8 Å². The molecule has 0 aliphatic carbocycles. The van der Waals surface area contributed by atoms with Gasteiger partial charge in [-0.25, -0.2) is 4.79 Å². The number of anilines is 1. The van der Waals surface area contributed by atoms with Crippen LogP contribution in [0.5, 0.6) is 11.5 Å². The van der Waals surface area contributed by atoms with Crippen LogP contribution >= 0.6 is 15.9 Å². The van der Waals surface area contributed by atoms with Crippen molar-refractivity contribution in [1.29, 1.82) is 0 Å². The molecule has 0 aliphatic heterocycles. The molecule has 0 spiro atoms. The van der Waals surface area contributed by atoms with Gasteiger partial charge in [0.1, 0.15) is 11.5 Å². The number of rotatable bonds is 6. The molecule has 0 radical (unpaired) electrons. The number of aromatic hydroxyl groups is 1. The van der Waals surface area contributed by atoms with E-state index in [0.717, 1.165) is 15.2 Å². The van der Waals surface area contributed by atoms with Gasteiger partial charge in [0, 0.05) is 15.7 Å². The minimum absolute atomic E-state index is 0.0314. The van der Waals surface area contributed by atoms with Crippen LogP contribution in [0.15, 0.2) is 59.1 Å². The molecule has 0 fully saturated rings. The lowest BCUT2D eigenvalue weighted by atomic mass is 9.97. The lowest BCUT2D eigenvalue weighted by Crippen LogP contribution is -2.23. The molecule has 3 aromatic rings. The van der Waals surface area contributed by atoms with Crippen LogP contribution in [0.2, 0.25) is 0 Å². The van der Waals surface area contributed by atoms with Crippen LogP contribution in [-0.4, -0.2) is 24.8 Å². The van der Waals surface area contributed by atoms with Crippen molar-refractivity contribution in [2.45, 2.75) is 13.0 Å². The van der Waals surface area contributed by atoms with E-state index in [-0.39, 0.29) is 12.4 Å². The van der Waals surface area contributed by atoms with E-state index in [2.05, 4.69) is 21.2 Å². The van der Waals surface area contributed by atoms with Gasteiger partial charge >= 0.3 is 5.97 Å². The third-order valence-electron chi connectivity index (χ3n) is 4.21. The topological polar surface area (TPSA) is 67.8 Å². The highest BCUT2D eigenvalue weighted by molar-refractivity contribution is 9.10. The lowest BCUT2D eigenvalue weighted by Gasteiger charge is -2.21. The number of fused-ring (bicyclic) bond motifs is 1. The Morgan fingerprint density at radius 1 is 1.15 bits per heavy atom. The molecule has 3 aromatic carbocycles. The molecule has 5 nitrogen and oxygen atoms in total. The van der Waals surface area contributed by atoms with Gasteiger partial charge in [-0.15, -0.1) is 0 Å². The molecule has 1 unspecified atom stereocenters. The number of nitrogens with one attached hydrogen (secondary N) is 1. The zero-order valence-electron chi connectivity index (χ0n) is 15.0. The normalized spacial score (nSPS) is 11.8. The number of halogens is 1. The van der Waals surface area contributed by atoms with Crippen LogP contribution in [0, 0.1) is 0 Å². The Balaban J connectivity index is 2.08.